The van der Waals surface area contributed by atoms with Gasteiger partial charge in [0.15, 0.2) is 18.9 Å². The fourth-order valence-corrected chi connectivity index (χ4v) is 13.7. The number of hydrogen-bond donors (Lipinski definition) is 12. The van der Waals surface area contributed by atoms with E-state index in [9.17, 15) is 61.0 Å². The molecule has 3 heterocycles. The molecule has 0 bridgehead atoms. The molecule has 19 nitrogen and oxygen atoms in total. The SMILES string of the molecule is CCCCC/C=C/CC/C=C/CC/C=C/C(O)C(COC1OC(CO)C(OC2OC(CO)C(OC3OC(CO)C(O)C(O)C3O)C(O)C2O)C(O)C1O)NC(=O)CCCCCCCCCCCCCCCCCCCCCCCCCCCCCCCCCCCCCCCCCC. The first-order valence-corrected chi connectivity index (χ1v) is 40.2. The average molecular weight is 1400 g/mol. The number of nitrogens with one attached hydrogen (secondary N) is 1. The summed E-state index contributed by atoms with van der Waals surface area (Å²) in [4.78, 5) is 13.4. The Balaban J connectivity index is 1.27. The lowest BCUT2D eigenvalue weighted by Gasteiger charge is -2.48. The maximum absolute atomic E-state index is 13.4. The summed E-state index contributed by atoms with van der Waals surface area (Å²) in [7, 11) is 0. The molecular formula is C79H147NO18. The van der Waals surface area contributed by atoms with Crippen LogP contribution in [0.3, 0.4) is 0 Å². The van der Waals surface area contributed by atoms with Crippen LogP contribution in [-0.4, -0.2) is 193 Å². The minimum Gasteiger partial charge on any atom is -0.394 e. The molecule has 1 amide bonds. The molecule has 0 radical (unpaired) electrons. The maximum atomic E-state index is 13.4. The lowest BCUT2D eigenvalue weighted by Crippen LogP contribution is -2.66. The van der Waals surface area contributed by atoms with Gasteiger partial charge in [0.2, 0.25) is 5.91 Å². The Morgan fingerprint density at radius 2 is 0.653 bits per heavy atom. The average Bonchev–Trinajstić information content (AvgIpc) is 0.784. The van der Waals surface area contributed by atoms with Crippen molar-refractivity contribution in [3.63, 3.8) is 0 Å². The molecule has 0 saturated carbocycles. The van der Waals surface area contributed by atoms with Crippen LogP contribution in [0.5, 0.6) is 0 Å². The minimum atomic E-state index is -1.98. The maximum Gasteiger partial charge on any atom is 0.220 e. The van der Waals surface area contributed by atoms with E-state index in [1.807, 2.05) is 6.08 Å². The van der Waals surface area contributed by atoms with Gasteiger partial charge < -0.3 is 89.9 Å². The largest absolute Gasteiger partial charge is 0.394 e. The fraction of sp³-hybridized carbons (Fsp3) is 0.911. The molecule has 0 spiro atoms. The van der Waals surface area contributed by atoms with Crippen molar-refractivity contribution in [2.24, 2.45) is 0 Å². The van der Waals surface area contributed by atoms with E-state index in [1.54, 1.807) is 6.08 Å². The molecule has 3 aliphatic heterocycles. The van der Waals surface area contributed by atoms with Gasteiger partial charge in [-0.3, -0.25) is 4.79 Å². The second-order valence-corrected chi connectivity index (χ2v) is 28.9. The summed E-state index contributed by atoms with van der Waals surface area (Å²) in [5.41, 5.74) is 0. The number of hydrogen-bond acceptors (Lipinski definition) is 18. The number of allylic oxidation sites excluding steroid dienone is 5. The predicted octanol–water partition coefficient (Wildman–Crippen LogP) is 13.1. The number of rotatable bonds is 64. The van der Waals surface area contributed by atoms with Gasteiger partial charge in [-0.25, -0.2) is 0 Å². The van der Waals surface area contributed by atoms with E-state index in [1.165, 1.54) is 250 Å². The van der Waals surface area contributed by atoms with Crippen molar-refractivity contribution in [1.29, 1.82) is 0 Å². The van der Waals surface area contributed by atoms with Gasteiger partial charge in [0.25, 0.3) is 0 Å². The van der Waals surface area contributed by atoms with E-state index in [0.29, 0.717) is 12.8 Å². The number of carbonyl (C=O) groups is 1. The molecule has 0 aromatic rings. The van der Waals surface area contributed by atoms with Gasteiger partial charge >= 0.3 is 0 Å². The lowest BCUT2D eigenvalue weighted by molar-refractivity contribution is -0.379. The first kappa shape index (κ1) is 90.2. The molecule has 3 fully saturated rings. The number of aliphatic hydroxyl groups is 11. The van der Waals surface area contributed by atoms with Crippen LogP contribution in [0.2, 0.25) is 0 Å². The molecule has 0 aromatic carbocycles. The minimum absolute atomic E-state index is 0.236. The van der Waals surface area contributed by atoms with E-state index < -0.39 is 124 Å². The molecule has 0 aliphatic carbocycles. The van der Waals surface area contributed by atoms with Gasteiger partial charge in [-0.2, -0.15) is 0 Å². The molecule has 0 aromatic heterocycles. The van der Waals surface area contributed by atoms with Crippen LogP contribution in [0, 0.1) is 0 Å². The van der Waals surface area contributed by atoms with Gasteiger partial charge in [0, 0.05) is 6.42 Å². The molecule has 19 heteroatoms. The molecule has 3 saturated heterocycles. The van der Waals surface area contributed by atoms with Crippen molar-refractivity contribution < 1.29 is 89.4 Å². The zero-order valence-electron chi connectivity index (χ0n) is 61.5. The van der Waals surface area contributed by atoms with Crippen LogP contribution in [0.15, 0.2) is 36.5 Å². The molecule has 17 unspecified atom stereocenters. The Bertz CT molecular complexity index is 1910. The van der Waals surface area contributed by atoms with Crippen LogP contribution in [-0.2, 0) is 33.2 Å². The molecule has 17 atom stereocenters. The van der Waals surface area contributed by atoms with Gasteiger partial charge in [-0.1, -0.05) is 314 Å². The zero-order chi connectivity index (χ0) is 71.1. The Hall–Kier alpha value is -1.99. The third kappa shape index (κ3) is 40.3. The zero-order valence-corrected chi connectivity index (χ0v) is 61.5. The normalized spacial score (nSPS) is 26.9. The fourth-order valence-electron chi connectivity index (χ4n) is 13.7. The summed E-state index contributed by atoms with van der Waals surface area (Å²) in [6.45, 7) is 1.70. The molecule has 12 N–H and O–H groups in total. The van der Waals surface area contributed by atoms with Crippen LogP contribution < -0.4 is 5.32 Å². The number of unbranched alkanes of at least 4 members (excludes halogenated alkanes) is 44. The molecule has 3 rings (SSSR count). The van der Waals surface area contributed by atoms with Crippen LogP contribution in [0.25, 0.3) is 0 Å². The van der Waals surface area contributed by atoms with Gasteiger partial charge in [0.1, 0.15) is 73.2 Å². The number of aliphatic hydroxyl groups excluding tert-OH is 11. The van der Waals surface area contributed by atoms with Crippen LogP contribution in [0.4, 0.5) is 0 Å². The molecule has 576 valence electrons. The summed E-state index contributed by atoms with van der Waals surface area (Å²) in [5.74, 6) is -0.285. The highest BCUT2D eigenvalue weighted by molar-refractivity contribution is 5.76. The summed E-state index contributed by atoms with van der Waals surface area (Å²) in [6, 6.07) is -0.994. The van der Waals surface area contributed by atoms with Crippen LogP contribution in [0.1, 0.15) is 328 Å². The third-order valence-corrected chi connectivity index (χ3v) is 20.2. The predicted molar refractivity (Wildman–Crippen MR) is 388 cm³/mol. The third-order valence-electron chi connectivity index (χ3n) is 20.2. The quantitative estimate of drug-likeness (QED) is 0.0199. The highest BCUT2D eigenvalue weighted by Crippen LogP contribution is 2.33. The van der Waals surface area contributed by atoms with E-state index in [-0.39, 0.29) is 18.9 Å². The van der Waals surface area contributed by atoms with Crippen molar-refractivity contribution in [3.8, 4) is 0 Å². The topological polar surface area (TPSA) is 307 Å². The van der Waals surface area contributed by atoms with Crippen molar-refractivity contribution in [2.75, 3.05) is 26.4 Å². The number of ether oxygens (including phenoxy) is 6. The summed E-state index contributed by atoms with van der Waals surface area (Å²) >= 11 is 0. The van der Waals surface area contributed by atoms with Gasteiger partial charge in [0.05, 0.1) is 38.6 Å². The first-order chi connectivity index (χ1) is 47.8. The first-order valence-electron chi connectivity index (χ1n) is 40.2. The molecule has 98 heavy (non-hydrogen) atoms. The Labute approximate surface area is 593 Å². The standard InChI is InChI=1S/C79H147NO18/c1-3-5-7-9-11-13-15-17-18-19-20-21-22-23-24-25-26-27-28-29-30-31-32-33-34-35-36-37-38-39-40-41-42-43-45-47-49-51-53-55-57-67(85)80-62(63(84)56-54-52-50-48-46-44-16-14-12-10-8-6-4-2)61-93-77-73(91)70(88)75(65(59-82)95-77)98-79-74(92)71(89)76(66(60-83)96-79)97-78-72(90)69(87)68(86)64(58-81)94-78/h12,14,46,48,54,56,62-66,68-79,81-84,86-92H,3-11,13,15-45,47,49-53,55,57-61H2,1-2H3,(H,80,85)/b14-12+,48-46+,56-54+. The molecular weight excluding hydrogens is 1250 g/mol. The second kappa shape index (κ2) is 60.3. The number of carbonyl (C=O) groups excluding carboxylic acids is 1. The Morgan fingerprint density at radius 3 is 1.02 bits per heavy atom. The van der Waals surface area contributed by atoms with Crippen LogP contribution >= 0.6 is 0 Å². The van der Waals surface area contributed by atoms with E-state index >= 15 is 0 Å². The number of amides is 1. The Kier molecular flexibility index (Phi) is 55.5. The smallest absolute Gasteiger partial charge is 0.220 e. The summed E-state index contributed by atoms with van der Waals surface area (Å²) in [6.07, 6.45) is 47.7. The van der Waals surface area contributed by atoms with E-state index in [4.69, 9.17) is 28.4 Å². The van der Waals surface area contributed by atoms with E-state index in [2.05, 4.69) is 43.5 Å². The second-order valence-electron chi connectivity index (χ2n) is 28.9. The van der Waals surface area contributed by atoms with Gasteiger partial charge in [-0.15, -0.1) is 0 Å². The molecule has 3 aliphatic rings. The summed E-state index contributed by atoms with van der Waals surface area (Å²) in [5, 5.41) is 120. The lowest BCUT2D eigenvalue weighted by atomic mass is 9.96. The van der Waals surface area contributed by atoms with Gasteiger partial charge in [-0.05, 0) is 44.9 Å². The van der Waals surface area contributed by atoms with Crippen molar-refractivity contribution in [1.82, 2.24) is 5.32 Å². The van der Waals surface area contributed by atoms with Crippen molar-refractivity contribution in [3.05, 3.63) is 36.5 Å². The highest BCUT2D eigenvalue weighted by atomic mass is 16.8. The van der Waals surface area contributed by atoms with E-state index in [0.717, 1.165) is 44.9 Å². The van der Waals surface area contributed by atoms with Crippen molar-refractivity contribution in [2.45, 2.75) is 433 Å². The summed E-state index contributed by atoms with van der Waals surface area (Å²) < 4.78 is 34.3. The monoisotopic (exact) mass is 1400 g/mol. The Morgan fingerprint density at radius 1 is 0.357 bits per heavy atom. The van der Waals surface area contributed by atoms with Crippen molar-refractivity contribution >= 4 is 5.91 Å². The highest BCUT2D eigenvalue weighted by Gasteiger charge is 2.54.